The van der Waals surface area contributed by atoms with Crippen molar-refractivity contribution in [3.8, 4) is 0 Å². The fourth-order valence-electron chi connectivity index (χ4n) is 15.2. The number of hydrogen-bond donors (Lipinski definition) is 4. The number of aromatic amines is 2. The van der Waals surface area contributed by atoms with E-state index in [4.69, 9.17) is 11.6 Å². The molecule has 4 N–H and O–H groups in total. The molecule has 4 aliphatic rings. The van der Waals surface area contributed by atoms with Gasteiger partial charge in [-0.05, 0) is 116 Å². The van der Waals surface area contributed by atoms with E-state index in [1.807, 2.05) is 199 Å². The van der Waals surface area contributed by atoms with Gasteiger partial charge in [-0.15, -0.1) is 0 Å². The number of aryl methyl sites for hydroxylation is 1. The Morgan fingerprint density at radius 3 is 1.25 bits per heavy atom. The van der Waals surface area contributed by atoms with Crippen molar-refractivity contribution in [1.29, 1.82) is 0 Å². The van der Waals surface area contributed by atoms with Crippen molar-refractivity contribution in [2.75, 3.05) is 52.4 Å². The van der Waals surface area contributed by atoms with Crippen LogP contribution in [0, 0.1) is 18.8 Å². The van der Waals surface area contributed by atoms with Crippen molar-refractivity contribution in [1.82, 2.24) is 50.0 Å². The fraction of sp³-hybridized carbons (Fsp3) is 0.415. The lowest BCUT2D eigenvalue weighted by Crippen LogP contribution is -2.67. The average molecular weight is 1390 g/mol. The molecule has 2 aromatic heterocycles. The molecule has 6 heterocycles. The van der Waals surface area contributed by atoms with Crippen molar-refractivity contribution in [2.24, 2.45) is 11.8 Å². The molecule has 4 aliphatic heterocycles. The second-order valence-corrected chi connectivity index (χ2v) is 28.7. The number of aromatic nitrogens is 2. The number of H-pyrrole nitrogens is 2. The SMILES string of the molecule is C.CC(=O)[C@H](CC(C)C)N1CCN(C(=O)[C@H](Cc2c[nH]c3ccccc23)N2CCN[C@@H](Cc3ccc(Cl)cc3)C2=O)[C@@H](Cc2ccccc2)C1=O.CC(=O)[C@H](CC(C)C)N1CCN(C(=O)[C@H](Cc2c[nH]c3ccccc23)N2CCN[C@@H](Cc3cccc(C)c3)C2=O)[C@@H](Cc2ccccc2)C1=O. The van der Waals surface area contributed by atoms with Gasteiger partial charge >= 0.3 is 0 Å². The zero-order valence-corrected chi connectivity index (χ0v) is 59.3. The maximum atomic E-state index is 15.1. The summed E-state index contributed by atoms with van der Waals surface area (Å²) in [6, 6.07) is 45.5. The van der Waals surface area contributed by atoms with Gasteiger partial charge in [0.2, 0.25) is 35.4 Å². The van der Waals surface area contributed by atoms with Gasteiger partial charge in [0.1, 0.15) is 24.2 Å². The molecule has 101 heavy (non-hydrogen) atoms. The summed E-state index contributed by atoms with van der Waals surface area (Å²) in [7, 11) is 0. The van der Waals surface area contributed by atoms with E-state index >= 15 is 9.59 Å². The van der Waals surface area contributed by atoms with E-state index < -0.39 is 48.3 Å². The lowest BCUT2D eigenvalue weighted by molar-refractivity contribution is -0.160. The molecule has 6 aromatic carbocycles. The summed E-state index contributed by atoms with van der Waals surface area (Å²) in [4.78, 5) is 131. The van der Waals surface area contributed by atoms with Crippen molar-refractivity contribution in [2.45, 2.75) is 156 Å². The summed E-state index contributed by atoms with van der Waals surface area (Å²) in [6.45, 7) is 16.2. The maximum absolute atomic E-state index is 15.1. The predicted molar refractivity (Wildman–Crippen MR) is 398 cm³/mol. The summed E-state index contributed by atoms with van der Waals surface area (Å²) in [5, 5.41) is 9.40. The maximum Gasteiger partial charge on any atom is 0.246 e. The van der Waals surface area contributed by atoms with Crippen LogP contribution < -0.4 is 10.6 Å². The Bertz CT molecular complexity index is 4190. The van der Waals surface area contributed by atoms with E-state index in [-0.39, 0.29) is 98.9 Å². The van der Waals surface area contributed by atoms with Gasteiger partial charge in [0.25, 0.3) is 0 Å². The summed E-state index contributed by atoms with van der Waals surface area (Å²) in [6.07, 6.45) is 7.15. The lowest BCUT2D eigenvalue weighted by atomic mass is 9.93. The van der Waals surface area contributed by atoms with Crippen LogP contribution in [0.3, 0.4) is 0 Å². The van der Waals surface area contributed by atoms with Crippen molar-refractivity contribution in [3.05, 3.63) is 214 Å². The van der Waals surface area contributed by atoms with Crippen molar-refractivity contribution >= 4 is 80.4 Å². The first-order chi connectivity index (χ1) is 48.2. The Kier molecular flexibility index (Phi) is 25.0. The van der Waals surface area contributed by atoms with E-state index in [2.05, 4.69) is 26.7 Å². The molecule has 0 spiro atoms. The lowest BCUT2D eigenvalue weighted by Gasteiger charge is -2.46. The zero-order chi connectivity index (χ0) is 70.7. The van der Waals surface area contributed by atoms with Gasteiger partial charge in [0.15, 0.2) is 11.6 Å². The highest BCUT2D eigenvalue weighted by atomic mass is 35.5. The number of hydrogen-bond acceptors (Lipinski definition) is 10. The van der Waals surface area contributed by atoms with Crippen LogP contribution in [0.1, 0.15) is 101 Å². The molecule has 0 unspecified atom stereocenters. The highest BCUT2D eigenvalue weighted by molar-refractivity contribution is 6.30. The smallest absolute Gasteiger partial charge is 0.246 e. The number of halogens is 1. The molecule has 0 aliphatic carbocycles. The van der Waals surface area contributed by atoms with Gasteiger partial charge in [-0.2, -0.15) is 0 Å². The molecule has 18 nitrogen and oxygen atoms in total. The van der Waals surface area contributed by atoms with Gasteiger partial charge in [0, 0.05) is 117 Å². The Morgan fingerprint density at radius 2 is 0.832 bits per heavy atom. The van der Waals surface area contributed by atoms with Crippen molar-refractivity contribution in [3.63, 3.8) is 0 Å². The van der Waals surface area contributed by atoms with E-state index in [9.17, 15) is 28.8 Å². The second-order valence-electron chi connectivity index (χ2n) is 28.3. The Morgan fingerprint density at radius 1 is 0.446 bits per heavy atom. The summed E-state index contributed by atoms with van der Waals surface area (Å²) < 4.78 is 0. The van der Waals surface area contributed by atoms with Gasteiger partial charge in [-0.1, -0.05) is 186 Å². The molecule has 19 heteroatoms. The highest BCUT2D eigenvalue weighted by Gasteiger charge is 2.48. The number of ketones is 2. The molecule has 6 amide bonds. The largest absolute Gasteiger partial charge is 0.361 e. The average Bonchev–Trinajstić information content (AvgIpc) is 0.841. The summed E-state index contributed by atoms with van der Waals surface area (Å²) >= 11 is 6.12. The van der Waals surface area contributed by atoms with Crippen LogP contribution in [0.15, 0.2) is 170 Å². The van der Waals surface area contributed by atoms with Crippen LogP contribution in [0.5, 0.6) is 0 Å². The van der Waals surface area contributed by atoms with E-state index in [0.717, 1.165) is 60.8 Å². The molecule has 0 radical (unpaired) electrons. The molecule has 0 saturated carbocycles. The predicted octanol–water partition coefficient (Wildman–Crippen LogP) is 10.4. The quantitative estimate of drug-likeness (QED) is 0.0449. The first-order valence-corrected chi connectivity index (χ1v) is 35.9. The minimum absolute atomic E-state index is 0. The number of nitrogens with zero attached hydrogens (tertiary/aromatic N) is 6. The van der Waals surface area contributed by atoms with Gasteiger partial charge in [0.05, 0.1) is 24.2 Å². The highest BCUT2D eigenvalue weighted by Crippen LogP contribution is 2.31. The topological polar surface area (TPSA) is 212 Å². The molecule has 12 rings (SSSR count). The number of piperazine rings is 4. The van der Waals surface area contributed by atoms with E-state index in [1.54, 1.807) is 36.3 Å². The van der Waals surface area contributed by atoms with Crippen LogP contribution in [0.25, 0.3) is 21.8 Å². The molecule has 4 fully saturated rings. The summed E-state index contributed by atoms with van der Waals surface area (Å²) in [5.74, 6) is -0.882. The Labute approximate surface area is 599 Å². The molecule has 0 bridgehead atoms. The van der Waals surface area contributed by atoms with Gasteiger partial charge < -0.3 is 50.0 Å². The molecule has 532 valence electrons. The number of fused-ring (bicyclic) bond motifs is 2. The van der Waals surface area contributed by atoms with Crippen molar-refractivity contribution < 1.29 is 38.4 Å². The number of para-hydroxylation sites is 2. The number of rotatable bonds is 24. The number of benzene rings is 6. The fourth-order valence-corrected chi connectivity index (χ4v) is 15.3. The van der Waals surface area contributed by atoms with Crippen LogP contribution in [-0.2, 0) is 76.9 Å². The first-order valence-electron chi connectivity index (χ1n) is 35.5. The number of Topliss-reactive ketones (excluding diaryl/α,β-unsaturated/α-hetero) is 2. The van der Waals surface area contributed by atoms with Gasteiger partial charge in [-0.25, -0.2) is 0 Å². The third-order valence-electron chi connectivity index (χ3n) is 20.3. The standard InChI is InChI=1S/C41H49N5O4.C40H46ClN5O4.CH4/c1-27(2)21-36(29(4)47)45-19-20-46(37(40(45)49)24-30-12-6-5-7-13-30)41(50)38(25-32-26-43-34-16-9-8-15-33(32)34)44-18-17-42-35(39(44)48)23-31-14-10-11-28(3)22-31;1-26(2)21-35(27(3)47)45-19-20-46(36(39(45)49)23-28-9-5-4-6-10-28)40(50)37(24-30-25-43-33-12-8-7-11-32(30)33)44-18-17-42-34(38(44)48)22-29-13-15-31(41)16-14-29;/h5-16,22,26-27,35-38,42-43H,17-21,23-25H2,1-4H3;4-16,25-26,34-37,42-43H,17-24H2,1-3H3;1H4/t35-,36-,37-,38-;34-,35-,36-,37-;/m00./s1. The number of carbonyl (C=O) groups is 8. The monoisotopic (exact) mass is 1390 g/mol. The van der Waals surface area contributed by atoms with E-state index in [0.29, 0.717) is 76.1 Å². The molecular formula is C82H99ClN10O8. The Balaban J connectivity index is 0.000000216. The molecule has 8 aromatic rings. The molecule has 8 atom stereocenters. The number of amides is 6. The molecular weight excluding hydrogens is 1290 g/mol. The third-order valence-corrected chi connectivity index (χ3v) is 20.5. The van der Waals surface area contributed by atoms with E-state index in [1.165, 1.54) is 6.92 Å². The number of nitrogens with one attached hydrogen (secondary N) is 4. The van der Waals surface area contributed by atoms with Crippen LogP contribution in [-0.4, -0.2) is 187 Å². The molecule has 4 saturated heterocycles. The zero-order valence-electron chi connectivity index (χ0n) is 58.6. The second kappa shape index (κ2) is 34.0. The first kappa shape index (κ1) is 74.5. The summed E-state index contributed by atoms with van der Waals surface area (Å²) in [5.41, 5.74) is 8.79. The van der Waals surface area contributed by atoms with Crippen LogP contribution in [0.4, 0.5) is 0 Å². The minimum Gasteiger partial charge on any atom is -0.361 e. The minimum atomic E-state index is -0.839. The number of carbonyl (C=O) groups excluding carboxylic acids is 8. The van der Waals surface area contributed by atoms with Crippen LogP contribution in [0.2, 0.25) is 5.02 Å². The Hall–Kier alpha value is -9.23. The third kappa shape index (κ3) is 17.7. The normalized spacial score (nSPS) is 19.5. The van der Waals surface area contributed by atoms with Crippen LogP contribution >= 0.6 is 11.6 Å². The van der Waals surface area contributed by atoms with Gasteiger partial charge in [-0.3, -0.25) is 38.4 Å².